The van der Waals surface area contributed by atoms with Crippen molar-refractivity contribution < 1.29 is 0 Å². The van der Waals surface area contributed by atoms with Gasteiger partial charge in [-0.25, -0.2) is 0 Å². The molecule has 0 aliphatic carbocycles. The Morgan fingerprint density at radius 2 is 1.72 bits per heavy atom. The lowest BCUT2D eigenvalue weighted by atomic mass is 10.1. The molecule has 2 aromatic carbocycles. The maximum atomic E-state index is 5.80. The normalized spacial score (nSPS) is 10.4. The molecule has 0 heterocycles. The molecule has 0 saturated heterocycles. The van der Waals surface area contributed by atoms with Crippen molar-refractivity contribution in [3.8, 4) is 0 Å². The first-order valence-electron chi connectivity index (χ1n) is 6.22. The highest BCUT2D eigenvalue weighted by molar-refractivity contribution is 5.68. The third-order valence-electron chi connectivity index (χ3n) is 3.29. The summed E-state index contributed by atoms with van der Waals surface area (Å²) in [5.74, 6) is 0. The first-order valence-corrected chi connectivity index (χ1v) is 6.22. The molecule has 0 unspecified atom stereocenters. The van der Waals surface area contributed by atoms with Crippen LogP contribution >= 0.6 is 0 Å². The molecule has 0 aliphatic heterocycles. The average Bonchev–Trinajstić information content (AvgIpc) is 2.38. The van der Waals surface area contributed by atoms with Crippen LogP contribution in [0.3, 0.4) is 0 Å². The zero-order chi connectivity index (χ0) is 13.1. The van der Waals surface area contributed by atoms with E-state index in [0.717, 1.165) is 0 Å². The van der Waals surface area contributed by atoms with Gasteiger partial charge in [-0.3, -0.25) is 0 Å². The third-order valence-corrected chi connectivity index (χ3v) is 3.29. The molecule has 0 amide bonds. The molecule has 2 heteroatoms. The number of benzene rings is 2. The predicted octanol–water partition coefficient (Wildman–Crippen LogP) is 3.53. The van der Waals surface area contributed by atoms with Gasteiger partial charge in [0.15, 0.2) is 0 Å². The third kappa shape index (κ3) is 2.39. The Labute approximate surface area is 109 Å². The molecule has 0 saturated carbocycles. The van der Waals surface area contributed by atoms with Gasteiger partial charge >= 0.3 is 0 Å². The topological polar surface area (TPSA) is 29.3 Å². The number of aryl methyl sites for hydroxylation is 2. The van der Waals surface area contributed by atoms with Crippen LogP contribution in [0.1, 0.15) is 16.7 Å². The van der Waals surface area contributed by atoms with E-state index in [2.05, 4.69) is 62.2 Å². The number of anilines is 2. The van der Waals surface area contributed by atoms with Crippen LogP contribution in [-0.2, 0) is 6.54 Å². The average molecular weight is 240 g/mol. The smallest absolute Gasteiger partial charge is 0.0453 e. The molecule has 2 N–H and O–H groups in total. The number of hydrogen-bond acceptors (Lipinski definition) is 2. The molecule has 18 heavy (non-hydrogen) atoms. The van der Waals surface area contributed by atoms with E-state index in [1.807, 2.05) is 6.07 Å². The van der Waals surface area contributed by atoms with Crippen LogP contribution < -0.4 is 10.6 Å². The number of nitrogens with two attached hydrogens (primary N) is 1. The lowest BCUT2D eigenvalue weighted by molar-refractivity contribution is 1.04. The summed E-state index contributed by atoms with van der Waals surface area (Å²) in [5.41, 5.74) is 11.9. The van der Waals surface area contributed by atoms with Gasteiger partial charge in [-0.05, 0) is 37.1 Å². The molecule has 2 rings (SSSR count). The number of para-hydroxylation sites is 1. The summed E-state index contributed by atoms with van der Waals surface area (Å²) in [6.07, 6.45) is 0. The Balaban J connectivity index is 2.44. The zero-order valence-corrected chi connectivity index (χ0v) is 11.3. The van der Waals surface area contributed by atoms with Gasteiger partial charge in [0, 0.05) is 25.0 Å². The zero-order valence-electron chi connectivity index (χ0n) is 11.3. The quantitative estimate of drug-likeness (QED) is 0.889. The summed E-state index contributed by atoms with van der Waals surface area (Å²) in [6.45, 7) is 4.82. The Morgan fingerprint density at radius 3 is 2.39 bits per heavy atom. The van der Waals surface area contributed by atoms with Crippen molar-refractivity contribution in [2.45, 2.75) is 20.4 Å². The second kappa shape index (κ2) is 5.23. The van der Waals surface area contributed by atoms with Crippen LogP contribution in [0.25, 0.3) is 0 Å². The minimum Gasteiger partial charge on any atom is -0.344 e. The predicted molar refractivity (Wildman–Crippen MR) is 78.3 cm³/mol. The lowest BCUT2D eigenvalue weighted by Gasteiger charge is -2.24. The van der Waals surface area contributed by atoms with E-state index in [4.69, 9.17) is 5.73 Å². The van der Waals surface area contributed by atoms with Gasteiger partial charge in [0.2, 0.25) is 0 Å². The molecule has 0 atom stereocenters. The molecule has 0 aromatic heterocycles. The number of rotatable bonds is 3. The maximum Gasteiger partial charge on any atom is 0.0453 e. The van der Waals surface area contributed by atoms with E-state index in [1.165, 1.54) is 28.1 Å². The van der Waals surface area contributed by atoms with Crippen molar-refractivity contribution in [2.24, 2.45) is 5.73 Å². The van der Waals surface area contributed by atoms with Crippen LogP contribution in [0.5, 0.6) is 0 Å². The Morgan fingerprint density at radius 1 is 1.00 bits per heavy atom. The van der Waals surface area contributed by atoms with Crippen LogP contribution in [0.2, 0.25) is 0 Å². The Bertz CT molecular complexity index is 547. The molecular weight excluding hydrogens is 220 g/mol. The summed E-state index contributed by atoms with van der Waals surface area (Å²) in [6, 6.07) is 14.8. The first kappa shape index (κ1) is 12.7. The molecule has 2 aromatic rings. The highest BCUT2D eigenvalue weighted by Crippen LogP contribution is 2.29. The molecule has 0 aliphatic rings. The molecule has 0 radical (unpaired) electrons. The van der Waals surface area contributed by atoms with E-state index in [0.29, 0.717) is 6.54 Å². The standard InChI is InChI=1S/C16H20N2/c1-12-8-9-15(13(2)10-12)18(3)16-7-5-4-6-14(16)11-17/h4-10H,11,17H2,1-3H3. The van der Waals surface area contributed by atoms with Crippen LogP contribution in [0.15, 0.2) is 42.5 Å². The van der Waals surface area contributed by atoms with Crippen molar-refractivity contribution in [3.05, 3.63) is 59.2 Å². The number of nitrogens with zero attached hydrogens (tertiary/aromatic N) is 1. The van der Waals surface area contributed by atoms with Gasteiger partial charge in [0.25, 0.3) is 0 Å². The SMILES string of the molecule is Cc1ccc(N(C)c2ccccc2CN)c(C)c1. The maximum absolute atomic E-state index is 5.80. The van der Waals surface area contributed by atoms with Crippen molar-refractivity contribution >= 4 is 11.4 Å². The van der Waals surface area contributed by atoms with Gasteiger partial charge in [-0.15, -0.1) is 0 Å². The molecule has 0 bridgehead atoms. The van der Waals surface area contributed by atoms with Gasteiger partial charge in [-0.1, -0.05) is 35.9 Å². The second-order valence-electron chi connectivity index (χ2n) is 4.68. The monoisotopic (exact) mass is 240 g/mol. The molecule has 94 valence electrons. The number of hydrogen-bond donors (Lipinski definition) is 1. The summed E-state index contributed by atoms with van der Waals surface area (Å²) in [7, 11) is 2.09. The van der Waals surface area contributed by atoms with Gasteiger partial charge in [-0.2, -0.15) is 0 Å². The van der Waals surface area contributed by atoms with Gasteiger partial charge in [0.05, 0.1) is 0 Å². The highest BCUT2D eigenvalue weighted by atomic mass is 15.1. The Kier molecular flexibility index (Phi) is 3.68. The minimum atomic E-state index is 0.561. The highest BCUT2D eigenvalue weighted by Gasteiger charge is 2.09. The van der Waals surface area contributed by atoms with Gasteiger partial charge in [0.1, 0.15) is 0 Å². The van der Waals surface area contributed by atoms with Gasteiger partial charge < -0.3 is 10.6 Å². The summed E-state index contributed by atoms with van der Waals surface area (Å²) in [4.78, 5) is 2.21. The minimum absolute atomic E-state index is 0.561. The molecule has 0 spiro atoms. The summed E-state index contributed by atoms with van der Waals surface area (Å²) < 4.78 is 0. The van der Waals surface area contributed by atoms with Crippen LogP contribution in [-0.4, -0.2) is 7.05 Å². The second-order valence-corrected chi connectivity index (χ2v) is 4.68. The largest absolute Gasteiger partial charge is 0.344 e. The molecular formula is C16H20N2. The van der Waals surface area contributed by atoms with Crippen molar-refractivity contribution in [3.63, 3.8) is 0 Å². The van der Waals surface area contributed by atoms with Crippen LogP contribution in [0, 0.1) is 13.8 Å². The molecule has 2 nitrogen and oxygen atoms in total. The van der Waals surface area contributed by atoms with Crippen molar-refractivity contribution in [1.82, 2.24) is 0 Å². The fraction of sp³-hybridized carbons (Fsp3) is 0.250. The molecule has 0 fully saturated rings. The Hall–Kier alpha value is -1.80. The summed E-state index contributed by atoms with van der Waals surface area (Å²) in [5, 5.41) is 0. The van der Waals surface area contributed by atoms with E-state index in [-0.39, 0.29) is 0 Å². The van der Waals surface area contributed by atoms with E-state index in [9.17, 15) is 0 Å². The first-order chi connectivity index (χ1) is 8.63. The van der Waals surface area contributed by atoms with E-state index in [1.54, 1.807) is 0 Å². The van der Waals surface area contributed by atoms with E-state index < -0.39 is 0 Å². The summed E-state index contributed by atoms with van der Waals surface area (Å²) >= 11 is 0. The fourth-order valence-electron chi connectivity index (χ4n) is 2.32. The van der Waals surface area contributed by atoms with Crippen molar-refractivity contribution in [1.29, 1.82) is 0 Å². The van der Waals surface area contributed by atoms with E-state index >= 15 is 0 Å². The fourth-order valence-corrected chi connectivity index (χ4v) is 2.32. The van der Waals surface area contributed by atoms with Crippen LogP contribution in [0.4, 0.5) is 11.4 Å². The van der Waals surface area contributed by atoms with Crippen molar-refractivity contribution in [2.75, 3.05) is 11.9 Å². The lowest BCUT2D eigenvalue weighted by Crippen LogP contribution is -2.14.